The number of benzene rings is 3. The van der Waals surface area contributed by atoms with Gasteiger partial charge in [-0.05, 0) is 62.2 Å². The van der Waals surface area contributed by atoms with Gasteiger partial charge in [0.2, 0.25) is 11.2 Å². The average Bonchev–Trinajstić information content (AvgIpc) is 2.71. The highest BCUT2D eigenvalue weighted by Crippen LogP contribution is 2.33. The molecule has 150 valence electrons. The van der Waals surface area contributed by atoms with Gasteiger partial charge in [0.05, 0.1) is 10.9 Å². The SMILES string of the molecule is Cc1ccc(-c2oc3c(C)cc(C)cc3c(=O)c2OC(=O)c2ccc(F)cc2)cc1. The fraction of sp³-hybridized carbons (Fsp3) is 0.120. The largest absolute Gasteiger partial charge is 0.452 e. The van der Waals surface area contributed by atoms with E-state index in [0.717, 1.165) is 28.8 Å². The van der Waals surface area contributed by atoms with Crippen molar-refractivity contribution in [3.05, 3.63) is 99.0 Å². The number of ether oxygens (including phenoxy) is 1. The summed E-state index contributed by atoms with van der Waals surface area (Å²) in [7, 11) is 0. The third-order valence-corrected chi connectivity index (χ3v) is 4.87. The molecule has 0 saturated carbocycles. The van der Waals surface area contributed by atoms with E-state index < -0.39 is 17.2 Å². The third-order valence-electron chi connectivity index (χ3n) is 4.87. The highest BCUT2D eigenvalue weighted by molar-refractivity contribution is 5.93. The monoisotopic (exact) mass is 402 g/mol. The molecule has 0 atom stereocenters. The molecule has 0 fully saturated rings. The Labute approximate surface area is 172 Å². The second kappa shape index (κ2) is 7.59. The van der Waals surface area contributed by atoms with Gasteiger partial charge in [0.1, 0.15) is 11.4 Å². The molecule has 0 amide bonds. The van der Waals surface area contributed by atoms with Crippen LogP contribution in [0, 0.1) is 26.6 Å². The Hall–Kier alpha value is -3.73. The van der Waals surface area contributed by atoms with Gasteiger partial charge in [0, 0.05) is 5.56 Å². The summed E-state index contributed by atoms with van der Waals surface area (Å²) in [6.45, 7) is 5.69. The zero-order chi connectivity index (χ0) is 21.4. The van der Waals surface area contributed by atoms with Crippen molar-refractivity contribution in [1.29, 1.82) is 0 Å². The maximum absolute atomic E-state index is 13.3. The van der Waals surface area contributed by atoms with Crippen LogP contribution in [0.15, 0.2) is 69.9 Å². The zero-order valence-corrected chi connectivity index (χ0v) is 16.8. The standard InChI is InChI=1S/C25H19FO4/c1-14-4-6-17(7-5-14)23-24(30-25(28)18-8-10-19(26)11-9-18)21(27)20-13-15(2)12-16(3)22(20)29-23/h4-13H,1-3H3. The van der Waals surface area contributed by atoms with Crippen LogP contribution in [0.25, 0.3) is 22.3 Å². The summed E-state index contributed by atoms with van der Waals surface area (Å²) in [5.41, 5.74) is 3.50. The van der Waals surface area contributed by atoms with Crippen molar-refractivity contribution in [1.82, 2.24) is 0 Å². The Morgan fingerprint density at radius 2 is 1.57 bits per heavy atom. The van der Waals surface area contributed by atoms with Gasteiger partial charge in [-0.15, -0.1) is 0 Å². The Morgan fingerprint density at radius 3 is 2.23 bits per heavy atom. The predicted molar refractivity (Wildman–Crippen MR) is 113 cm³/mol. The number of hydrogen-bond donors (Lipinski definition) is 0. The lowest BCUT2D eigenvalue weighted by atomic mass is 10.0. The van der Waals surface area contributed by atoms with E-state index in [1.54, 1.807) is 18.2 Å². The Morgan fingerprint density at radius 1 is 0.900 bits per heavy atom. The lowest BCUT2D eigenvalue weighted by molar-refractivity contribution is 0.0731. The van der Waals surface area contributed by atoms with E-state index in [0.29, 0.717) is 16.5 Å². The molecule has 0 unspecified atom stereocenters. The van der Waals surface area contributed by atoms with E-state index in [9.17, 15) is 14.0 Å². The number of fused-ring (bicyclic) bond motifs is 1. The highest BCUT2D eigenvalue weighted by Gasteiger charge is 2.22. The second-order valence-electron chi connectivity index (χ2n) is 7.31. The van der Waals surface area contributed by atoms with Crippen LogP contribution in [-0.4, -0.2) is 5.97 Å². The van der Waals surface area contributed by atoms with E-state index in [1.807, 2.05) is 39.0 Å². The quantitative estimate of drug-likeness (QED) is 0.410. The zero-order valence-electron chi connectivity index (χ0n) is 16.8. The van der Waals surface area contributed by atoms with Gasteiger partial charge in [0.25, 0.3) is 0 Å². The second-order valence-corrected chi connectivity index (χ2v) is 7.31. The molecule has 0 saturated heterocycles. The van der Waals surface area contributed by atoms with Crippen molar-refractivity contribution in [2.45, 2.75) is 20.8 Å². The first-order chi connectivity index (χ1) is 14.3. The maximum Gasteiger partial charge on any atom is 0.343 e. The lowest BCUT2D eigenvalue weighted by Gasteiger charge is -2.12. The fourth-order valence-electron chi connectivity index (χ4n) is 3.36. The molecule has 4 nitrogen and oxygen atoms in total. The molecule has 3 aromatic carbocycles. The first-order valence-electron chi connectivity index (χ1n) is 9.46. The molecule has 0 N–H and O–H groups in total. The molecular formula is C25H19FO4. The Balaban J connectivity index is 1.93. The average molecular weight is 402 g/mol. The fourth-order valence-corrected chi connectivity index (χ4v) is 3.36. The van der Waals surface area contributed by atoms with Crippen molar-refractivity contribution in [2.24, 2.45) is 0 Å². The summed E-state index contributed by atoms with van der Waals surface area (Å²) >= 11 is 0. The lowest BCUT2D eigenvalue weighted by Crippen LogP contribution is -2.16. The Bertz CT molecular complexity index is 1320. The Kier molecular flexibility index (Phi) is 4.96. The number of carbonyl (C=O) groups excluding carboxylic acids is 1. The molecule has 0 bridgehead atoms. The molecule has 1 aromatic heterocycles. The maximum atomic E-state index is 13.3. The summed E-state index contributed by atoms with van der Waals surface area (Å²) in [5.74, 6) is -1.25. The molecule has 5 heteroatoms. The van der Waals surface area contributed by atoms with Gasteiger partial charge in [0.15, 0.2) is 5.76 Å². The van der Waals surface area contributed by atoms with Crippen LogP contribution in [0.3, 0.4) is 0 Å². The van der Waals surface area contributed by atoms with E-state index in [1.165, 1.54) is 12.1 Å². The van der Waals surface area contributed by atoms with Crippen LogP contribution in [0.4, 0.5) is 4.39 Å². The van der Waals surface area contributed by atoms with Crippen molar-refractivity contribution in [3.8, 4) is 17.1 Å². The number of aryl methyl sites for hydroxylation is 3. The van der Waals surface area contributed by atoms with E-state index in [4.69, 9.17) is 9.15 Å². The molecule has 0 aliphatic rings. The van der Waals surface area contributed by atoms with Gasteiger partial charge < -0.3 is 9.15 Å². The predicted octanol–water partition coefficient (Wildman–Crippen LogP) is 5.74. The van der Waals surface area contributed by atoms with E-state index >= 15 is 0 Å². The van der Waals surface area contributed by atoms with Crippen molar-refractivity contribution >= 4 is 16.9 Å². The molecule has 0 radical (unpaired) electrons. The van der Waals surface area contributed by atoms with Gasteiger partial charge in [-0.2, -0.15) is 0 Å². The van der Waals surface area contributed by atoms with Crippen molar-refractivity contribution in [3.63, 3.8) is 0 Å². The summed E-state index contributed by atoms with van der Waals surface area (Å²) in [4.78, 5) is 26.0. The topological polar surface area (TPSA) is 56.5 Å². The minimum absolute atomic E-state index is 0.131. The van der Waals surface area contributed by atoms with E-state index in [2.05, 4.69) is 0 Å². The minimum atomic E-state index is -0.764. The van der Waals surface area contributed by atoms with Gasteiger partial charge in [-0.25, -0.2) is 9.18 Å². The van der Waals surface area contributed by atoms with Crippen molar-refractivity contribution in [2.75, 3.05) is 0 Å². The summed E-state index contributed by atoms with van der Waals surface area (Å²) in [6, 6.07) is 15.9. The van der Waals surface area contributed by atoms with Gasteiger partial charge in [-0.1, -0.05) is 35.9 Å². The molecule has 4 rings (SSSR count). The number of esters is 1. The van der Waals surface area contributed by atoms with Crippen molar-refractivity contribution < 1.29 is 18.3 Å². The third kappa shape index (κ3) is 3.62. The first-order valence-corrected chi connectivity index (χ1v) is 9.46. The van der Waals surface area contributed by atoms with Crippen LogP contribution < -0.4 is 10.2 Å². The van der Waals surface area contributed by atoms with Gasteiger partial charge >= 0.3 is 5.97 Å². The van der Waals surface area contributed by atoms with E-state index in [-0.39, 0.29) is 17.1 Å². The molecule has 1 heterocycles. The summed E-state index contributed by atoms with van der Waals surface area (Å²) in [5, 5.41) is 0.338. The first kappa shape index (κ1) is 19.6. The normalized spacial score (nSPS) is 10.9. The summed E-state index contributed by atoms with van der Waals surface area (Å²) in [6.07, 6.45) is 0. The molecular weight excluding hydrogens is 383 g/mol. The van der Waals surface area contributed by atoms with Gasteiger partial charge in [-0.3, -0.25) is 4.79 Å². The smallest absolute Gasteiger partial charge is 0.343 e. The molecule has 0 aliphatic carbocycles. The highest BCUT2D eigenvalue weighted by atomic mass is 19.1. The summed E-state index contributed by atoms with van der Waals surface area (Å²) < 4.78 is 24.8. The molecule has 4 aromatic rings. The van der Waals surface area contributed by atoms with Crippen LogP contribution in [0.1, 0.15) is 27.0 Å². The number of halogens is 1. The molecule has 30 heavy (non-hydrogen) atoms. The van der Waals surface area contributed by atoms with Crippen LogP contribution >= 0.6 is 0 Å². The molecule has 0 spiro atoms. The minimum Gasteiger partial charge on any atom is -0.452 e. The number of rotatable bonds is 3. The number of hydrogen-bond acceptors (Lipinski definition) is 4. The molecule has 0 aliphatic heterocycles. The van der Waals surface area contributed by atoms with Crippen LogP contribution in [0.5, 0.6) is 5.75 Å². The number of carbonyl (C=O) groups is 1. The van der Waals surface area contributed by atoms with Crippen LogP contribution in [-0.2, 0) is 0 Å². The van der Waals surface area contributed by atoms with Crippen LogP contribution in [0.2, 0.25) is 0 Å².